The van der Waals surface area contributed by atoms with E-state index < -0.39 is 5.97 Å². The predicted molar refractivity (Wildman–Crippen MR) is 82.6 cm³/mol. The first-order chi connectivity index (χ1) is 9.60. The molecule has 1 fully saturated rings. The molecule has 3 nitrogen and oxygen atoms in total. The van der Waals surface area contributed by atoms with E-state index in [9.17, 15) is 0 Å². The van der Waals surface area contributed by atoms with Crippen LogP contribution in [0.3, 0.4) is 0 Å². The molecule has 0 radical (unpaired) electrons. The zero-order chi connectivity index (χ0) is 15.2. The van der Waals surface area contributed by atoms with Crippen molar-refractivity contribution in [3.8, 4) is 0 Å². The number of hydrogen-bond donors (Lipinski definition) is 1. The van der Waals surface area contributed by atoms with Crippen LogP contribution in [0.2, 0.25) is 0 Å². The first-order valence-corrected chi connectivity index (χ1v) is 8.61. The maximum absolute atomic E-state index is 8.89. The molecule has 1 aliphatic rings. The molecule has 1 heterocycles. The fraction of sp³-hybridized carbons (Fsp3) is 0.941. The van der Waals surface area contributed by atoms with Crippen molar-refractivity contribution in [3.05, 3.63) is 0 Å². The Morgan fingerprint density at radius 1 is 1.05 bits per heavy atom. The molecule has 0 aliphatic carbocycles. The first-order valence-electron chi connectivity index (χ1n) is 8.61. The first kappa shape index (κ1) is 19.4. The molecule has 0 bridgehead atoms. The molecular weight excluding hydrogens is 250 g/mol. The SMILES string of the molecule is CC(=O)[O-].CCCCCCCC[NH+]1CCC(CC)CC1. The van der Waals surface area contributed by atoms with Crippen LogP contribution in [0, 0.1) is 5.92 Å². The van der Waals surface area contributed by atoms with Gasteiger partial charge in [-0.2, -0.15) is 0 Å². The van der Waals surface area contributed by atoms with E-state index in [0.29, 0.717) is 0 Å². The van der Waals surface area contributed by atoms with E-state index in [1.807, 2.05) is 4.90 Å². The molecule has 0 aromatic rings. The molecular formula is C17H35NO2. The highest BCUT2D eigenvalue weighted by molar-refractivity contribution is 5.60. The van der Waals surface area contributed by atoms with Crippen molar-refractivity contribution in [3.63, 3.8) is 0 Å². The van der Waals surface area contributed by atoms with Gasteiger partial charge < -0.3 is 14.8 Å². The van der Waals surface area contributed by atoms with Crippen molar-refractivity contribution in [1.82, 2.24) is 0 Å². The van der Waals surface area contributed by atoms with Gasteiger partial charge in [-0.3, -0.25) is 0 Å². The summed E-state index contributed by atoms with van der Waals surface area (Å²) in [6, 6.07) is 0. The molecule has 0 amide bonds. The number of rotatable bonds is 8. The van der Waals surface area contributed by atoms with E-state index in [4.69, 9.17) is 9.90 Å². The minimum absolute atomic E-state index is 0.972. The zero-order valence-electron chi connectivity index (χ0n) is 13.9. The normalized spacial score (nSPS) is 21.9. The highest BCUT2D eigenvalue weighted by atomic mass is 16.4. The van der Waals surface area contributed by atoms with E-state index in [-0.39, 0.29) is 0 Å². The molecule has 0 spiro atoms. The quantitative estimate of drug-likeness (QED) is 0.691. The number of piperidine rings is 1. The van der Waals surface area contributed by atoms with Gasteiger partial charge in [0.1, 0.15) is 0 Å². The van der Waals surface area contributed by atoms with Crippen LogP contribution in [-0.4, -0.2) is 25.6 Å². The van der Waals surface area contributed by atoms with Crippen LogP contribution in [0.5, 0.6) is 0 Å². The number of nitrogens with one attached hydrogen (secondary N) is 1. The Balaban J connectivity index is 0.000000796. The van der Waals surface area contributed by atoms with Gasteiger partial charge in [0.15, 0.2) is 0 Å². The molecule has 3 heteroatoms. The summed E-state index contributed by atoms with van der Waals surface area (Å²) < 4.78 is 0. The molecule has 0 unspecified atom stereocenters. The Hall–Kier alpha value is -0.570. The van der Waals surface area contributed by atoms with Gasteiger partial charge in [0.2, 0.25) is 0 Å². The average molecular weight is 285 g/mol. The van der Waals surface area contributed by atoms with Crippen molar-refractivity contribution < 1.29 is 14.8 Å². The number of aliphatic carboxylic acids is 1. The standard InChI is InChI=1S/C15H31N.C2H4O2/c1-3-5-6-7-8-9-12-16-13-10-15(4-2)11-14-16;1-2(3)4/h15H,3-14H2,1-2H3;1H3,(H,3,4). The highest BCUT2D eigenvalue weighted by Crippen LogP contribution is 2.12. The fourth-order valence-electron chi connectivity index (χ4n) is 2.90. The van der Waals surface area contributed by atoms with Crippen molar-refractivity contribution in [1.29, 1.82) is 0 Å². The Morgan fingerprint density at radius 3 is 2.05 bits per heavy atom. The van der Waals surface area contributed by atoms with E-state index in [1.54, 1.807) is 0 Å². The van der Waals surface area contributed by atoms with Crippen molar-refractivity contribution >= 4 is 5.97 Å². The minimum Gasteiger partial charge on any atom is -0.550 e. The summed E-state index contributed by atoms with van der Waals surface area (Å²) in [7, 11) is 0. The van der Waals surface area contributed by atoms with Gasteiger partial charge in [0, 0.05) is 5.97 Å². The molecule has 0 aromatic carbocycles. The van der Waals surface area contributed by atoms with Gasteiger partial charge in [-0.25, -0.2) is 0 Å². The number of unbranched alkanes of at least 4 members (excludes halogenated alkanes) is 5. The maximum atomic E-state index is 8.89. The summed E-state index contributed by atoms with van der Waals surface area (Å²) >= 11 is 0. The van der Waals surface area contributed by atoms with E-state index in [0.717, 1.165) is 12.8 Å². The summed E-state index contributed by atoms with van der Waals surface area (Å²) in [5, 5.41) is 8.89. The Kier molecular flexibility index (Phi) is 13.0. The second-order valence-corrected chi connectivity index (χ2v) is 6.11. The maximum Gasteiger partial charge on any atom is 0.0773 e. The zero-order valence-corrected chi connectivity index (χ0v) is 13.9. The van der Waals surface area contributed by atoms with Gasteiger partial charge in [-0.15, -0.1) is 0 Å². The lowest BCUT2D eigenvalue weighted by molar-refractivity contribution is -0.906. The summed E-state index contributed by atoms with van der Waals surface area (Å²) in [5.41, 5.74) is 0. The molecule has 1 saturated heterocycles. The van der Waals surface area contributed by atoms with E-state index in [1.165, 1.54) is 77.4 Å². The number of carbonyl (C=O) groups excluding carboxylic acids is 1. The molecule has 1 aliphatic heterocycles. The Morgan fingerprint density at radius 2 is 1.55 bits per heavy atom. The van der Waals surface area contributed by atoms with E-state index >= 15 is 0 Å². The topological polar surface area (TPSA) is 44.6 Å². The summed E-state index contributed by atoms with van der Waals surface area (Å²) in [4.78, 5) is 10.8. The molecule has 120 valence electrons. The van der Waals surface area contributed by atoms with Gasteiger partial charge in [0.25, 0.3) is 0 Å². The predicted octanol–water partition coefficient (Wildman–Crippen LogP) is 1.81. The Bertz CT molecular complexity index is 219. The summed E-state index contributed by atoms with van der Waals surface area (Å²) in [6.07, 6.45) is 13.1. The number of carboxylic acid groups (broad SMARTS) is 1. The summed E-state index contributed by atoms with van der Waals surface area (Å²) in [5.74, 6) is -0.0340. The van der Waals surface area contributed by atoms with Gasteiger partial charge >= 0.3 is 0 Å². The van der Waals surface area contributed by atoms with Crippen molar-refractivity contribution in [2.24, 2.45) is 5.92 Å². The molecule has 0 aromatic heterocycles. The monoisotopic (exact) mass is 285 g/mol. The number of carbonyl (C=O) groups is 1. The van der Waals surface area contributed by atoms with Crippen LogP contribution in [0.1, 0.15) is 78.6 Å². The highest BCUT2D eigenvalue weighted by Gasteiger charge is 2.19. The van der Waals surface area contributed by atoms with Crippen LogP contribution in [0.25, 0.3) is 0 Å². The smallest absolute Gasteiger partial charge is 0.0773 e. The molecule has 1 rings (SSSR count). The van der Waals surface area contributed by atoms with E-state index in [2.05, 4.69) is 13.8 Å². The number of quaternary nitrogens is 1. The third-order valence-electron chi connectivity index (χ3n) is 4.27. The van der Waals surface area contributed by atoms with Crippen LogP contribution in [-0.2, 0) is 4.79 Å². The lowest BCUT2D eigenvalue weighted by Crippen LogP contribution is -3.13. The third-order valence-corrected chi connectivity index (χ3v) is 4.27. The van der Waals surface area contributed by atoms with Crippen LogP contribution in [0.15, 0.2) is 0 Å². The molecule has 1 N–H and O–H groups in total. The Labute approximate surface area is 125 Å². The molecule has 20 heavy (non-hydrogen) atoms. The fourth-order valence-corrected chi connectivity index (χ4v) is 2.90. The van der Waals surface area contributed by atoms with Crippen molar-refractivity contribution in [2.45, 2.75) is 78.6 Å². The second-order valence-electron chi connectivity index (χ2n) is 6.11. The molecule has 0 atom stereocenters. The second kappa shape index (κ2) is 13.4. The number of likely N-dealkylation sites (tertiary alicyclic amines) is 1. The third kappa shape index (κ3) is 12.5. The number of hydrogen-bond acceptors (Lipinski definition) is 2. The molecule has 0 saturated carbocycles. The lowest BCUT2D eigenvalue weighted by atomic mass is 9.94. The summed E-state index contributed by atoms with van der Waals surface area (Å²) in [6.45, 7) is 9.97. The van der Waals surface area contributed by atoms with Crippen LogP contribution >= 0.6 is 0 Å². The van der Waals surface area contributed by atoms with Gasteiger partial charge in [-0.05, 0) is 38.5 Å². The average Bonchev–Trinajstić information content (AvgIpc) is 2.43. The van der Waals surface area contributed by atoms with Crippen LogP contribution in [0.4, 0.5) is 0 Å². The minimum atomic E-state index is -1.08. The number of carboxylic acids is 1. The largest absolute Gasteiger partial charge is 0.550 e. The van der Waals surface area contributed by atoms with Gasteiger partial charge in [0.05, 0.1) is 19.6 Å². The lowest BCUT2D eigenvalue weighted by Gasteiger charge is -2.28. The van der Waals surface area contributed by atoms with Gasteiger partial charge in [-0.1, -0.05) is 46.0 Å². The van der Waals surface area contributed by atoms with Crippen molar-refractivity contribution in [2.75, 3.05) is 19.6 Å². The van der Waals surface area contributed by atoms with Crippen LogP contribution < -0.4 is 10.0 Å².